The van der Waals surface area contributed by atoms with Crippen LogP contribution in [0.25, 0.3) is 0 Å². The standard InChI is InChI=1S/C15H20F3NO/c1-11-9-14(11,10-19-6-7-20-2)12-4-3-5-13(8-12)15(16,17)18/h3-5,8,11,19H,6-7,9-10H2,1-2H3. The van der Waals surface area contributed by atoms with Crippen LogP contribution < -0.4 is 5.32 Å². The maximum Gasteiger partial charge on any atom is 0.416 e. The molecule has 1 N–H and O–H groups in total. The van der Waals surface area contributed by atoms with E-state index in [4.69, 9.17) is 4.74 Å². The average molecular weight is 287 g/mol. The van der Waals surface area contributed by atoms with Crippen LogP contribution in [0.1, 0.15) is 24.5 Å². The first kappa shape index (κ1) is 15.3. The van der Waals surface area contributed by atoms with Crippen LogP contribution in [-0.4, -0.2) is 26.8 Å². The molecule has 0 aliphatic heterocycles. The van der Waals surface area contributed by atoms with Crippen molar-refractivity contribution < 1.29 is 17.9 Å². The van der Waals surface area contributed by atoms with E-state index in [1.165, 1.54) is 12.1 Å². The minimum atomic E-state index is -4.28. The minimum absolute atomic E-state index is 0.158. The van der Waals surface area contributed by atoms with Crippen molar-refractivity contribution in [1.29, 1.82) is 0 Å². The van der Waals surface area contributed by atoms with Crippen LogP contribution >= 0.6 is 0 Å². The first-order chi connectivity index (χ1) is 9.40. The summed E-state index contributed by atoms with van der Waals surface area (Å²) >= 11 is 0. The first-order valence-electron chi connectivity index (χ1n) is 6.77. The molecule has 0 amide bonds. The van der Waals surface area contributed by atoms with Crippen molar-refractivity contribution >= 4 is 0 Å². The molecule has 2 unspecified atom stereocenters. The second-order valence-electron chi connectivity index (χ2n) is 5.51. The Bertz CT molecular complexity index is 461. The van der Waals surface area contributed by atoms with Gasteiger partial charge in [-0.1, -0.05) is 25.1 Å². The molecule has 0 bridgehead atoms. The molecule has 112 valence electrons. The zero-order valence-electron chi connectivity index (χ0n) is 11.8. The van der Waals surface area contributed by atoms with Gasteiger partial charge in [0.1, 0.15) is 0 Å². The van der Waals surface area contributed by atoms with Crippen LogP contribution in [-0.2, 0) is 16.3 Å². The number of halogens is 3. The molecule has 2 rings (SSSR count). The SMILES string of the molecule is COCCNCC1(c2cccc(C(F)(F)F)c2)CC1C. The van der Waals surface area contributed by atoms with Gasteiger partial charge in [0.2, 0.25) is 0 Å². The van der Waals surface area contributed by atoms with E-state index < -0.39 is 11.7 Å². The van der Waals surface area contributed by atoms with Gasteiger partial charge in [-0.15, -0.1) is 0 Å². The molecule has 0 spiro atoms. The van der Waals surface area contributed by atoms with Gasteiger partial charge in [0.15, 0.2) is 0 Å². The normalized spacial score (nSPS) is 25.8. The van der Waals surface area contributed by atoms with Crippen LogP contribution in [0, 0.1) is 5.92 Å². The molecule has 0 saturated heterocycles. The van der Waals surface area contributed by atoms with Crippen molar-refractivity contribution in [3.05, 3.63) is 35.4 Å². The summed E-state index contributed by atoms with van der Waals surface area (Å²) in [6.45, 7) is 4.09. The Labute approximate surface area is 117 Å². The van der Waals surface area contributed by atoms with E-state index in [0.717, 1.165) is 18.1 Å². The third-order valence-electron chi connectivity index (χ3n) is 4.14. The summed E-state index contributed by atoms with van der Waals surface area (Å²) < 4.78 is 43.3. The Balaban J connectivity index is 2.12. The molecule has 2 nitrogen and oxygen atoms in total. The third kappa shape index (κ3) is 3.15. The van der Waals surface area contributed by atoms with Gasteiger partial charge >= 0.3 is 6.18 Å². The quantitative estimate of drug-likeness (QED) is 0.811. The van der Waals surface area contributed by atoms with Crippen LogP contribution in [0.3, 0.4) is 0 Å². The molecule has 1 saturated carbocycles. The molecule has 1 aromatic rings. The topological polar surface area (TPSA) is 21.3 Å². The van der Waals surface area contributed by atoms with Gasteiger partial charge in [-0.2, -0.15) is 13.2 Å². The highest BCUT2D eigenvalue weighted by atomic mass is 19.4. The fraction of sp³-hybridized carbons (Fsp3) is 0.600. The number of rotatable bonds is 6. The monoisotopic (exact) mass is 287 g/mol. The van der Waals surface area contributed by atoms with E-state index in [0.29, 0.717) is 25.6 Å². The Morgan fingerprint density at radius 3 is 2.65 bits per heavy atom. The maximum atomic E-state index is 12.8. The number of ether oxygens (including phenoxy) is 1. The van der Waals surface area contributed by atoms with Crippen molar-refractivity contribution in [2.24, 2.45) is 5.92 Å². The number of nitrogens with one attached hydrogen (secondary N) is 1. The second kappa shape index (κ2) is 5.74. The first-order valence-corrected chi connectivity index (χ1v) is 6.77. The average Bonchev–Trinajstić information content (AvgIpc) is 3.06. The van der Waals surface area contributed by atoms with Gasteiger partial charge in [-0.25, -0.2) is 0 Å². The molecule has 0 heterocycles. The summed E-state index contributed by atoms with van der Waals surface area (Å²) in [7, 11) is 1.63. The van der Waals surface area contributed by atoms with Crippen molar-refractivity contribution in [3.63, 3.8) is 0 Å². The Morgan fingerprint density at radius 2 is 2.10 bits per heavy atom. The van der Waals surface area contributed by atoms with Crippen molar-refractivity contribution in [2.75, 3.05) is 26.8 Å². The summed E-state index contributed by atoms with van der Waals surface area (Å²) in [5, 5.41) is 3.27. The lowest BCUT2D eigenvalue weighted by Gasteiger charge is -2.19. The fourth-order valence-electron chi connectivity index (χ4n) is 2.73. The predicted octanol–water partition coefficient (Wildman–Crippen LogP) is 3.22. The number of hydrogen-bond acceptors (Lipinski definition) is 2. The molecular weight excluding hydrogens is 267 g/mol. The van der Waals surface area contributed by atoms with Crippen LogP contribution in [0.5, 0.6) is 0 Å². The number of alkyl halides is 3. The molecule has 1 fully saturated rings. The zero-order chi connectivity index (χ0) is 14.8. The molecule has 20 heavy (non-hydrogen) atoms. The van der Waals surface area contributed by atoms with Crippen LogP contribution in [0.15, 0.2) is 24.3 Å². The summed E-state index contributed by atoms with van der Waals surface area (Å²) in [5.41, 5.74) is 0.0600. The Morgan fingerprint density at radius 1 is 1.40 bits per heavy atom. The molecule has 1 aliphatic carbocycles. The fourth-order valence-corrected chi connectivity index (χ4v) is 2.73. The van der Waals surface area contributed by atoms with Gasteiger partial charge in [-0.05, 0) is 24.0 Å². The van der Waals surface area contributed by atoms with E-state index >= 15 is 0 Å². The van der Waals surface area contributed by atoms with Gasteiger partial charge in [-0.3, -0.25) is 0 Å². The van der Waals surface area contributed by atoms with Crippen molar-refractivity contribution in [3.8, 4) is 0 Å². The summed E-state index contributed by atoms with van der Waals surface area (Å²) in [6.07, 6.45) is -3.35. The second-order valence-corrected chi connectivity index (χ2v) is 5.51. The van der Waals surface area contributed by atoms with Gasteiger partial charge in [0, 0.05) is 25.6 Å². The third-order valence-corrected chi connectivity index (χ3v) is 4.14. The van der Waals surface area contributed by atoms with Crippen molar-refractivity contribution in [1.82, 2.24) is 5.32 Å². The molecule has 5 heteroatoms. The molecule has 0 aromatic heterocycles. The molecule has 1 aliphatic rings. The van der Waals surface area contributed by atoms with Gasteiger partial charge in [0.05, 0.1) is 12.2 Å². The van der Waals surface area contributed by atoms with Crippen molar-refractivity contribution in [2.45, 2.75) is 24.9 Å². The minimum Gasteiger partial charge on any atom is -0.383 e. The highest BCUT2D eigenvalue weighted by Gasteiger charge is 2.52. The zero-order valence-corrected chi connectivity index (χ0v) is 11.8. The molecular formula is C15H20F3NO. The maximum absolute atomic E-state index is 12.8. The lowest BCUT2D eigenvalue weighted by molar-refractivity contribution is -0.137. The van der Waals surface area contributed by atoms with E-state index in [9.17, 15) is 13.2 Å². The number of benzene rings is 1. The summed E-state index contributed by atoms with van der Waals surface area (Å²) in [4.78, 5) is 0. The lowest BCUT2D eigenvalue weighted by atomic mass is 9.92. The Kier molecular flexibility index (Phi) is 4.39. The highest BCUT2D eigenvalue weighted by Crippen LogP contribution is 2.54. The van der Waals surface area contributed by atoms with Crippen LogP contribution in [0.2, 0.25) is 0 Å². The predicted molar refractivity (Wildman–Crippen MR) is 71.6 cm³/mol. The van der Waals surface area contributed by atoms with E-state index in [1.54, 1.807) is 13.2 Å². The lowest BCUT2D eigenvalue weighted by Crippen LogP contribution is -2.31. The molecule has 1 aromatic carbocycles. The summed E-state index contributed by atoms with van der Waals surface area (Å²) in [5.74, 6) is 0.404. The van der Waals surface area contributed by atoms with E-state index in [1.807, 2.05) is 0 Å². The highest BCUT2D eigenvalue weighted by molar-refractivity contribution is 5.37. The number of methoxy groups -OCH3 is 1. The van der Waals surface area contributed by atoms with E-state index in [-0.39, 0.29) is 5.41 Å². The smallest absolute Gasteiger partial charge is 0.383 e. The molecule has 0 radical (unpaired) electrons. The summed E-state index contributed by atoms with van der Waals surface area (Å²) in [6, 6.07) is 5.72. The Hall–Kier alpha value is -1.07. The largest absolute Gasteiger partial charge is 0.416 e. The number of hydrogen-bond donors (Lipinski definition) is 1. The van der Waals surface area contributed by atoms with E-state index in [2.05, 4.69) is 12.2 Å². The van der Waals surface area contributed by atoms with Crippen LogP contribution in [0.4, 0.5) is 13.2 Å². The molecule has 2 atom stereocenters. The van der Waals surface area contributed by atoms with Gasteiger partial charge in [0.25, 0.3) is 0 Å². The van der Waals surface area contributed by atoms with Gasteiger partial charge < -0.3 is 10.1 Å².